The highest BCUT2D eigenvalue weighted by Gasteiger charge is 2.16. The first kappa shape index (κ1) is 18.8. The predicted octanol–water partition coefficient (Wildman–Crippen LogP) is 3.40. The Morgan fingerprint density at radius 3 is 2.41 bits per heavy atom. The molecule has 0 aliphatic rings. The molecule has 0 bridgehead atoms. The van der Waals surface area contributed by atoms with E-state index in [4.69, 9.17) is 4.42 Å². The molecule has 1 N–H and O–H groups in total. The van der Waals surface area contributed by atoms with E-state index in [-0.39, 0.29) is 22.2 Å². The summed E-state index contributed by atoms with van der Waals surface area (Å²) in [7, 11) is -3.31. The van der Waals surface area contributed by atoms with Gasteiger partial charge in [0.15, 0.2) is 9.84 Å². The molecule has 140 valence electrons. The average molecular weight is 385 g/mol. The average Bonchev–Trinajstić information content (AvgIpc) is 3.10. The molecule has 0 aliphatic carbocycles. The van der Waals surface area contributed by atoms with Crippen LogP contribution < -0.4 is 5.32 Å². The molecule has 0 aliphatic heterocycles. The Hall–Kier alpha value is -3.00. The number of hydrogen-bond donors (Lipinski definition) is 1. The Morgan fingerprint density at radius 1 is 1.07 bits per heavy atom. The molecule has 3 rings (SSSR count). The van der Waals surface area contributed by atoms with Gasteiger partial charge in [0.05, 0.1) is 10.6 Å². The molecule has 27 heavy (non-hydrogen) atoms. The molecule has 8 heteroatoms. The zero-order chi connectivity index (χ0) is 19.6. The summed E-state index contributed by atoms with van der Waals surface area (Å²) in [5.41, 5.74) is 3.20. The van der Waals surface area contributed by atoms with Crippen LogP contribution in [0, 0.1) is 13.8 Å². The van der Waals surface area contributed by atoms with Gasteiger partial charge in [-0.1, -0.05) is 29.7 Å². The van der Waals surface area contributed by atoms with Gasteiger partial charge in [-0.2, -0.15) is 0 Å². The van der Waals surface area contributed by atoms with Crippen molar-refractivity contribution < 1.29 is 17.6 Å². The summed E-state index contributed by atoms with van der Waals surface area (Å²) in [4.78, 5) is 12.5. The summed E-state index contributed by atoms with van der Waals surface area (Å²) in [6, 6.07) is 11.5. The molecule has 1 heterocycles. The lowest BCUT2D eigenvalue weighted by Gasteiger charge is -2.04. The molecular weight excluding hydrogens is 366 g/mol. The van der Waals surface area contributed by atoms with Crippen molar-refractivity contribution in [2.75, 3.05) is 11.1 Å². The lowest BCUT2D eigenvalue weighted by Crippen LogP contribution is -2.12. The van der Waals surface area contributed by atoms with Gasteiger partial charge in [0.1, 0.15) is 0 Å². The molecule has 0 saturated heterocycles. The van der Waals surface area contributed by atoms with Crippen molar-refractivity contribution in [2.24, 2.45) is 0 Å². The highest BCUT2D eigenvalue weighted by Crippen LogP contribution is 2.24. The molecule has 0 radical (unpaired) electrons. The van der Waals surface area contributed by atoms with E-state index in [0.717, 1.165) is 16.7 Å². The molecular formula is C19H19N3O4S. The van der Waals surface area contributed by atoms with Gasteiger partial charge in [-0.15, -0.1) is 5.10 Å². The fourth-order valence-electron chi connectivity index (χ4n) is 2.59. The van der Waals surface area contributed by atoms with E-state index in [2.05, 4.69) is 15.5 Å². The van der Waals surface area contributed by atoms with Crippen molar-refractivity contribution in [2.45, 2.75) is 25.7 Å². The van der Waals surface area contributed by atoms with Crippen molar-refractivity contribution in [3.63, 3.8) is 0 Å². The standard InChI is InChI=1S/C19H19N3O4S/c1-4-27(24,25)15-8-6-14(7-9-15)17(23)20-19-22-21-18(26-19)16-10-5-12(2)11-13(16)3/h5-11H,4H2,1-3H3,(H,20,22,23). The highest BCUT2D eigenvalue weighted by molar-refractivity contribution is 7.91. The van der Waals surface area contributed by atoms with Crippen LogP contribution in [0.3, 0.4) is 0 Å². The van der Waals surface area contributed by atoms with Crippen molar-refractivity contribution in [1.29, 1.82) is 0 Å². The van der Waals surface area contributed by atoms with Crippen LogP contribution in [0.5, 0.6) is 0 Å². The highest BCUT2D eigenvalue weighted by atomic mass is 32.2. The summed E-state index contributed by atoms with van der Waals surface area (Å²) < 4.78 is 29.2. The second-order valence-electron chi connectivity index (χ2n) is 6.11. The number of sulfone groups is 1. The number of nitrogens with one attached hydrogen (secondary N) is 1. The molecule has 7 nitrogen and oxygen atoms in total. The van der Waals surface area contributed by atoms with Gasteiger partial charge in [0.2, 0.25) is 5.89 Å². The predicted molar refractivity (Wildman–Crippen MR) is 101 cm³/mol. The zero-order valence-electron chi connectivity index (χ0n) is 15.2. The lowest BCUT2D eigenvalue weighted by molar-refractivity contribution is 0.102. The summed E-state index contributed by atoms with van der Waals surface area (Å²) >= 11 is 0. The maximum absolute atomic E-state index is 12.3. The number of nitrogens with zero attached hydrogens (tertiary/aromatic N) is 2. The fraction of sp³-hybridized carbons (Fsp3) is 0.211. The number of amides is 1. The Bertz CT molecular complexity index is 1090. The van der Waals surface area contributed by atoms with Gasteiger partial charge < -0.3 is 4.42 Å². The number of aromatic nitrogens is 2. The third kappa shape index (κ3) is 4.06. The van der Waals surface area contributed by atoms with E-state index < -0.39 is 15.7 Å². The van der Waals surface area contributed by atoms with Crippen LogP contribution in [-0.2, 0) is 9.84 Å². The molecule has 2 aromatic carbocycles. The number of carbonyl (C=O) groups is 1. The Balaban J connectivity index is 1.76. The molecule has 0 saturated carbocycles. The monoisotopic (exact) mass is 385 g/mol. The third-order valence-corrected chi connectivity index (χ3v) is 5.86. The first-order valence-electron chi connectivity index (χ1n) is 8.35. The minimum absolute atomic E-state index is 0.00172. The second-order valence-corrected chi connectivity index (χ2v) is 8.39. The molecule has 0 atom stereocenters. The Morgan fingerprint density at radius 2 is 1.78 bits per heavy atom. The quantitative estimate of drug-likeness (QED) is 0.722. The molecule has 1 amide bonds. The van der Waals surface area contributed by atoms with Crippen molar-refractivity contribution >= 4 is 21.8 Å². The van der Waals surface area contributed by atoms with Crippen LogP contribution in [0.4, 0.5) is 6.01 Å². The lowest BCUT2D eigenvalue weighted by atomic mass is 10.1. The molecule has 0 fully saturated rings. The van der Waals surface area contributed by atoms with Crippen LogP contribution in [0.15, 0.2) is 51.8 Å². The van der Waals surface area contributed by atoms with Crippen LogP contribution in [-0.4, -0.2) is 30.3 Å². The van der Waals surface area contributed by atoms with E-state index >= 15 is 0 Å². The van der Waals surface area contributed by atoms with Crippen LogP contribution in [0.1, 0.15) is 28.4 Å². The maximum Gasteiger partial charge on any atom is 0.322 e. The van der Waals surface area contributed by atoms with Crippen LogP contribution in [0.2, 0.25) is 0 Å². The first-order valence-corrected chi connectivity index (χ1v) is 10.0. The number of aryl methyl sites for hydroxylation is 2. The molecule has 0 unspecified atom stereocenters. The van der Waals surface area contributed by atoms with Gasteiger partial charge in [0, 0.05) is 11.1 Å². The molecule has 1 aromatic heterocycles. The molecule has 0 spiro atoms. The van der Waals surface area contributed by atoms with Gasteiger partial charge in [-0.25, -0.2) is 8.42 Å². The number of rotatable bonds is 5. The second kappa shape index (κ2) is 7.32. The van der Waals surface area contributed by atoms with Gasteiger partial charge in [-0.3, -0.25) is 10.1 Å². The van der Waals surface area contributed by atoms with Gasteiger partial charge in [0.25, 0.3) is 5.91 Å². The first-order chi connectivity index (χ1) is 12.8. The number of anilines is 1. The van der Waals surface area contributed by atoms with Gasteiger partial charge >= 0.3 is 6.01 Å². The van der Waals surface area contributed by atoms with E-state index in [1.54, 1.807) is 6.92 Å². The van der Waals surface area contributed by atoms with Gasteiger partial charge in [-0.05, 0) is 49.7 Å². The summed E-state index contributed by atoms with van der Waals surface area (Å²) in [5.74, 6) is -0.152. The van der Waals surface area contributed by atoms with Crippen molar-refractivity contribution in [3.8, 4) is 11.5 Å². The number of hydrogen-bond acceptors (Lipinski definition) is 6. The topological polar surface area (TPSA) is 102 Å². The minimum Gasteiger partial charge on any atom is -0.403 e. The van der Waals surface area contributed by atoms with E-state index in [1.807, 2.05) is 32.0 Å². The van der Waals surface area contributed by atoms with Crippen molar-refractivity contribution in [1.82, 2.24) is 10.2 Å². The van der Waals surface area contributed by atoms with Crippen molar-refractivity contribution in [3.05, 3.63) is 59.2 Å². The third-order valence-electron chi connectivity index (χ3n) is 4.11. The van der Waals surface area contributed by atoms with Crippen LogP contribution >= 0.6 is 0 Å². The summed E-state index contributed by atoms with van der Waals surface area (Å²) in [5, 5.41) is 10.3. The molecule has 3 aromatic rings. The van der Waals surface area contributed by atoms with E-state index in [1.165, 1.54) is 24.3 Å². The Kier molecular flexibility index (Phi) is 5.09. The number of benzene rings is 2. The normalized spacial score (nSPS) is 11.4. The fourth-order valence-corrected chi connectivity index (χ4v) is 3.47. The SMILES string of the molecule is CCS(=O)(=O)c1ccc(C(=O)Nc2nnc(-c3ccc(C)cc3C)o2)cc1. The summed E-state index contributed by atoms with van der Waals surface area (Å²) in [6.45, 7) is 5.50. The maximum atomic E-state index is 12.3. The van der Waals surface area contributed by atoms with Crippen LogP contribution in [0.25, 0.3) is 11.5 Å². The minimum atomic E-state index is -3.31. The largest absolute Gasteiger partial charge is 0.403 e. The smallest absolute Gasteiger partial charge is 0.322 e. The van der Waals surface area contributed by atoms with E-state index in [0.29, 0.717) is 5.89 Å². The number of carbonyl (C=O) groups excluding carboxylic acids is 1. The Labute approximate surface area is 157 Å². The zero-order valence-corrected chi connectivity index (χ0v) is 16.0. The summed E-state index contributed by atoms with van der Waals surface area (Å²) in [6.07, 6.45) is 0. The van der Waals surface area contributed by atoms with E-state index in [9.17, 15) is 13.2 Å².